The highest BCUT2D eigenvalue weighted by molar-refractivity contribution is 5.81. The van der Waals surface area contributed by atoms with Crippen molar-refractivity contribution in [3.8, 4) is 0 Å². The minimum atomic E-state index is 0.0294. The minimum absolute atomic E-state index is 0.0294. The van der Waals surface area contributed by atoms with Crippen molar-refractivity contribution in [3.05, 3.63) is 35.6 Å². The predicted molar refractivity (Wildman–Crippen MR) is 62.8 cm³/mol. The zero-order valence-electron chi connectivity index (χ0n) is 9.29. The van der Waals surface area contributed by atoms with Gasteiger partial charge in [0.15, 0.2) is 0 Å². The first kappa shape index (κ1) is 10.2. The van der Waals surface area contributed by atoms with E-state index >= 15 is 0 Å². The molecular formula is C13H17NO. The van der Waals surface area contributed by atoms with E-state index in [9.17, 15) is 0 Å². The van der Waals surface area contributed by atoms with Crippen LogP contribution in [0.25, 0.3) is 11.0 Å². The summed E-state index contributed by atoms with van der Waals surface area (Å²) >= 11 is 0. The summed E-state index contributed by atoms with van der Waals surface area (Å²) in [6.45, 7) is 4.22. The van der Waals surface area contributed by atoms with Gasteiger partial charge in [-0.3, -0.25) is 0 Å². The van der Waals surface area contributed by atoms with Crippen molar-refractivity contribution in [1.82, 2.24) is 0 Å². The van der Waals surface area contributed by atoms with Gasteiger partial charge >= 0.3 is 0 Å². The fourth-order valence-electron chi connectivity index (χ4n) is 1.86. The van der Waals surface area contributed by atoms with Gasteiger partial charge in [0.25, 0.3) is 0 Å². The van der Waals surface area contributed by atoms with E-state index in [0.717, 1.165) is 24.2 Å². The van der Waals surface area contributed by atoms with Crippen molar-refractivity contribution in [1.29, 1.82) is 0 Å². The quantitative estimate of drug-likeness (QED) is 0.828. The van der Waals surface area contributed by atoms with Crippen molar-refractivity contribution < 1.29 is 4.42 Å². The zero-order chi connectivity index (χ0) is 10.8. The van der Waals surface area contributed by atoms with Crippen LogP contribution in [-0.2, 0) is 0 Å². The van der Waals surface area contributed by atoms with E-state index in [1.165, 1.54) is 10.9 Å². The lowest BCUT2D eigenvalue weighted by Gasteiger charge is -2.04. The first-order valence-electron chi connectivity index (χ1n) is 5.47. The van der Waals surface area contributed by atoms with Crippen molar-refractivity contribution in [3.63, 3.8) is 0 Å². The second-order valence-corrected chi connectivity index (χ2v) is 4.03. The molecule has 2 heteroatoms. The van der Waals surface area contributed by atoms with E-state index in [1.54, 1.807) is 0 Å². The van der Waals surface area contributed by atoms with Gasteiger partial charge in [0.2, 0.25) is 0 Å². The van der Waals surface area contributed by atoms with Crippen LogP contribution in [0.5, 0.6) is 0 Å². The Kier molecular flexibility index (Phi) is 2.78. The average molecular weight is 203 g/mol. The lowest BCUT2D eigenvalue weighted by molar-refractivity contribution is 0.475. The summed E-state index contributed by atoms with van der Waals surface area (Å²) in [5, 5.41) is 1.18. The Morgan fingerprint density at radius 2 is 2.20 bits per heavy atom. The topological polar surface area (TPSA) is 39.2 Å². The number of fused-ring (bicyclic) bond motifs is 1. The molecule has 0 aliphatic carbocycles. The smallest absolute Gasteiger partial charge is 0.134 e. The Labute approximate surface area is 90.1 Å². The third kappa shape index (κ3) is 1.90. The maximum absolute atomic E-state index is 6.03. The molecule has 15 heavy (non-hydrogen) atoms. The van der Waals surface area contributed by atoms with E-state index in [2.05, 4.69) is 26.0 Å². The zero-order valence-corrected chi connectivity index (χ0v) is 9.29. The SMILES string of the molecule is CCC[C@@H](N)c1cc2c(C)cccc2o1. The van der Waals surface area contributed by atoms with Crippen LogP contribution in [0.1, 0.15) is 37.1 Å². The fourth-order valence-corrected chi connectivity index (χ4v) is 1.86. The number of nitrogens with two attached hydrogens (primary N) is 1. The molecular weight excluding hydrogens is 186 g/mol. The van der Waals surface area contributed by atoms with E-state index < -0.39 is 0 Å². The number of aryl methyl sites for hydroxylation is 1. The lowest BCUT2D eigenvalue weighted by Crippen LogP contribution is -2.08. The molecule has 0 spiro atoms. The van der Waals surface area contributed by atoms with Gasteiger partial charge < -0.3 is 10.2 Å². The van der Waals surface area contributed by atoms with Gasteiger partial charge in [-0.15, -0.1) is 0 Å². The Morgan fingerprint density at radius 1 is 1.40 bits per heavy atom. The highest BCUT2D eigenvalue weighted by atomic mass is 16.3. The van der Waals surface area contributed by atoms with Crippen molar-refractivity contribution in [2.24, 2.45) is 5.73 Å². The molecule has 80 valence electrons. The molecule has 0 saturated carbocycles. The Morgan fingerprint density at radius 3 is 2.87 bits per heavy atom. The monoisotopic (exact) mass is 203 g/mol. The van der Waals surface area contributed by atoms with Gasteiger partial charge in [-0.05, 0) is 31.0 Å². The summed E-state index contributed by atoms with van der Waals surface area (Å²) in [5.74, 6) is 0.904. The van der Waals surface area contributed by atoms with Crippen molar-refractivity contribution in [2.45, 2.75) is 32.7 Å². The lowest BCUT2D eigenvalue weighted by atomic mass is 10.1. The molecule has 1 aromatic heterocycles. The van der Waals surface area contributed by atoms with Gasteiger partial charge in [0.05, 0.1) is 6.04 Å². The summed E-state index contributed by atoms with van der Waals surface area (Å²) in [5.41, 5.74) is 8.21. The van der Waals surface area contributed by atoms with Crippen LogP contribution in [-0.4, -0.2) is 0 Å². The highest BCUT2D eigenvalue weighted by Gasteiger charge is 2.11. The molecule has 2 N–H and O–H groups in total. The maximum Gasteiger partial charge on any atom is 0.134 e. The van der Waals surface area contributed by atoms with Crippen LogP contribution in [0, 0.1) is 6.92 Å². The van der Waals surface area contributed by atoms with Crippen LogP contribution < -0.4 is 5.73 Å². The van der Waals surface area contributed by atoms with Crippen LogP contribution in [0.2, 0.25) is 0 Å². The van der Waals surface area contributed by atoms with Crippen LogP contribution >= 0.6 is 0 Å². The third-order valence-corrected chi connectivity index (χ3v) is 2.76. The van der Waals surface area contributed by atoms with Gasteiger partial charge in [0, 0.05) is 5.39 Å². The summed E-state index contributed by atoms with van der Waals surface area (Å²) in [6.07, 6.45) is 2.05. The minimum Gasteiger partial charge on any atom is -0.459 e. The van der Waals surface area contributed by atoms with E-state index in [0.29, 0.717) is 0 Å². The molecule has 0 aliphatic rings. The molecule has 1 heterocycles. The van der Waals surface area contributed by atoms with Crippen LogP contribution in [0.15, 0.2) is 28.7 Å². The third-order valence-electron chi connectivity index (χ3n) is 2.76. The van der Waals surface area contributed by atoms with Gasteiger partial charge in [-0.1, -0.05) is 25.5 Å². The molecule has 0 amide bonds. The maximum atomic E-state index is 6.03. The molecule has 0 unspecified atom stereocenters. The van der Waals surface area contributed by atoms with Gasteiger partial charge in [-0.2, -0.15) is 0 Å². The standard InChI is InChI=1S/C13H17NO/c1-3-5-11(14)13-8-10-9(2)6-4-7-12(10)15-13/h4,6-8,11H,3,5,14H2,1-2H3/t11-/m1/s1. The van der Waals surface area contributed by atoms with Gasteiger partial charge in [-0.25, -0.2) is 0 Å². The number of rotatable bonds is 3. The second kappa shape index (κ2) is 4.07. The van der Waals surface area contributed by atoms with Crippen molar-refractivity contribution in [2.75, 3.05) is 0 Å². The molecule has 1 aromatic carbocycles. The molecule has 2 rings (SSSR count). The first-order valence-corrected chi connectivity index (χ1v) is 5.47. The van der Waals surface area contributed by atoms with Crippen LogP contribution in [0.4, 0.5) is 0 Å². The van der Waals surface area contributed by atoms with E-state index in [1.807, 2.05) is 12.1 Å². The fraction of sp³-hybridized carbons (Fsp3) is 0.385. The van der Waals surface area contributed by atoms with Crippen molar-refractivity contribution >= 4 is 11.0 Å². The summed E-state index contributed by atoms with van der Waals surface area (Å²) in [6, 6.07) is 8.19. The number of benzene rings is 1. The Balaban J connectivity index is 2.43. The molecule has 0 aliphatic heterocycles. The largest absolute Gasteiger partial charge is 0.459 e. The number of hydrogen-bond acceptors (Lipinski definition) is 2. The molecule has 0 bridgehead atoms. The second-order valence-electron chi connectivity index (χ2n) is 4.03. The predicted octanol–water partition coefficient (Wildman–Crippen LogP) is 3.54. The Hall–Kier alpha value is -1.28. The Bertz CT molecular complexity index is 459. The number of hydrogen-bond donors (Lipinski definition) is 1. The summed E-state index contributed by atoms with van der Waals surface area (Å²) < 4.78 is 5.74. The molecule has 1 atom stereocenters. The molecule has 2 nitrogen and oxygen atoms in total. The molecule has 0 fully saturated rings. The molecule has 0 radical (unpaired) electrons. The van der Waals surface area contributed by atoms with E-state index in [-0.39, 0.29) is 6.04 Å². The summed E-state index contributed by atoms with van der Waals surface area (Å²) in [4.78, 5) is 0. The average Bonchev–Trinajstić information content (AvgIpc) is 2.63. The van der Waals surface area contributed by atoms with Gasteiger partial charge in [0.1, 0.15) is 11.3 Å². The molecule has 0 saturated heterocycles. The molecule has 2 aromatic rings. The summed E-state index contributed by atoms with van der Waals surface area (Å²) in [7, 11) is 0. The van der Waals surface area contributed by atoms with E-state index in [4.69, 9.17) is 10.2 Å². The van der Waals surface area contributed by atoms with Crippen LogP contribution in [0.3, 0.4) is 0 Å². The number of furan rings is 1. The normalized spacial score (nSPS) is 13.3. The first-order chi connectivity index (χ1) is 7.22. The highest BCUT2D eigenvalue weighted by Crippen LogP contribution is 2.26.